The van der Waals surface area contributed by atoms with Crippen molar-refractivity contribution in [1.29, 1.82) is 0 Å². The summed E-state index contributed by atoms with van der Waals surface area (Å²) in [6, 6.07) is 13.4. The molecule has 2 aromatic rings. The normalized spacial score (nSPS) is 14.2. The fourth-order valence-electron chi connectivity index (χ4n) is 3.06. The highest BCUT2D eigenvalue weighted by atomic mass is 32.2. The Morgan fingerprint density at radius 3 is 2.26 bits per heavy atom. The van der Waals surface area contributed by atoms with Crippen molar-refractivity contribution in [3.63, 3.8) is 0 Å². The van der Waals surface area contributed by atoms with Gasteiger partial charge in [0.15, 0.2) is 6.61 Å². The van der Waals surface area contributed by atoms with Crippen LogP contribution in [0.2, 0.25) is 0 Å². The Hall–Kier alpha value is -3.40. The van der Waals surface area contributed by atoms with E-state index in [1.807, 2.05) is 43.3 Å². The SMILES string of the molecule is CN(Cc1ccc(N(C)C)cc1)C(=O)COC(=O)CN1C(=O)c2ccccc2S1(=O)=O. The summed E-state index contributed by atoms with van der Waals surface area (Å²) in [4.78, 5) is 39.9. The van der Waals surface area contributed by atoms with Crippen molar-refractivity contribution in [1.82, 2.24) is 9.21 Å². The summed E-state index contributed by atoms with van der Waals surface area (Å²) in [5, 5.41) is 0. The van der Waals surface area contributed by atoms with Crippen LogP contribution in [0.25, 0.3) is 0 Å². The van der Waals surface area contributed by atoms with Crippen LogP contribution < -0.4 is 4.90 Å². The van der Waals surface area contributed by atoms with Crippen LogP contribution in [0.4, 0.5) is 5.69 Å². The summed E-state index contributed by atoms with van der Waals surface area (Å²) < 4.78 is 30.3. The molecule has 2 amide bonds. The van der Waals surface area contributed by atoms with E-state index in [9.17, 15) is 22.8 Å². The number of carbonyl (C=O) groups is 3. The van der Waals surface area contributed by atoms with Gasteiger partial charge in [0.2, 0.25) is 0 Å². The van der Waals surface area contributed by atoms with Gasteiger partial charge in [0.25, 0.3) is 21.8 Å². The van der Waals surface area contributed by atoms with Gasteiger partial charge < -0.3 is 14.5 Å². The predicted octanol–water partition coefficient (Wildman–Crippen LogP) is 1.10. The number of nitrogens with zero attached hydrogens (tertiary/aromatic N) is 3. The Bertz CT molecular complexity index is 1110. The van der Waals surface area contributed by atoms with Crippen LogP contribution in [-0.2, 0) is 30.9 Å². The first-order valence-corrected chi connectivity index (χ1v) is 10.9. The lowest BCUT2D eigenvalue weighted by atomic mass is 10.2. The quantitative estimate of drug-likeness (QED) is 0.588. The van der Waals surface area contributed by atoms with E-state index >= 15 is 0 Å². The number of sulfonamides is 1. The van der Waals surface area contributed by atoms with Crippen molar-refractivity contribution in [2.24, 2.45) is 0 Å². The molecule has 1 aliphatic heterocycles. The average molecular weight is 445 g/mol. The Balaban J connectivity index is 1.53. The number of ether oxygens (including phenoxy) is 1. The third-order valence-corrected chi connectivity index (χ3v) is 6.63. The van der Waals surface area contributed by atoms with Crippen molar-refractivity contribution in [2.75, 3.05) is 39.2 Å². The molecule has 0 aliphatic carbocycles. The van der Waals surface area contributed by atoms with E-state index in [-0.39, 0.29) is 10.5 Å². The molecule has 1 heterocycles. The molecule has 10 heteroatoms. The van der Waals surface area contributed by atoms with Gasteiger partial charge in [-0.25, -0.2) is 12.7 Å². The van der Waals surface area contributed by atoms with Gasteiger partial charge in [-0.05, 0) is 29.8 Å². The first kappa shape index (κ1) is 22.3. The molecule has 31 heavy (non-hydrogen) atoms. The largest absolute Gasteiger partial charge is 0.454 e. The lowest BCUT2D eigenvalue weighted by Gasteiger charge is -2.19. The number of esters is 1. The van der Waals surface area contributed by atoms with Crippen molar-refractivity contribution in [3.05, 3.63) is 59.7 Å². The molecule has 0 saturated heterocycles. The fraction of sp³-hybridized carbons (Fsp3) is 0.286. The van der Waals surface area contributed by atoms with Crippen molar-refractivity contribution < 1.29 is 27.5 Å². The maximum Gasteiger partial charge on any atom is 0.327 e. The maximum atomic E-state index is 12.5. The van der Waals surface area contributed by atoms with Crippen LogP contribution in [0.1, 0.15) is 15.9 Å². The van der Waals surface area contributed by atoms with Crippen LogP contribution in [0.5, 0.6) is 0 Å². The third kappa shape index (κ3) is 4.69. The number of hydrogen-bond acceptors (Lipinski definition) is 7. The average Bonchev–Trinajstić information content (AvgIpc) is 2.93. The second kappa shape index (κ2) is 8.76. The van der Waals surface area contributed by atoms with Crippen molar-refractivity contribution in [3.8, 4) is 0 Å². The highest BCUT2D eigenvalue weighted by molar-refractivity contribution is 7.90. The number of benzene rings is 2. The number of hydrogen-bond donors (Lipinski definition) is 0. The number of carbonyl (C=O) groups excluding carboxylic acids is 3. The highest BCUT2D eigenvalue weighted by Crippen LogP contribution is 2.29. The lowest BCUT2D eigenvalue weighted by molar-refractivity contribution is -0.151. The highest BCUT2D eigenvalue weighted by Gasteiger charge is 2.42. The Labute approximate surface area is 180 Å². The van der Waals surface area contributed by atoms with Crippen LogP contribution >= 0.6 is 0 Å². The first-order valence-electron chi connectivity index (χ1n) is 9.43. The number of amides is 2. The summed E-state index contributed by atoms with van der Waals surface area (Å²) >= 11 is 0. The maximum absolute atomic E-state index is 12.5. The molecule has 0 N–H and O–H groups in total. The number of rotatable bonds is 7. The minimum atomic E-state index is -4.11. The minimum absolute atomic E-state index is 0.00592. The molecular weight excluding hydrogens is 422 g/mol. The monoisotopic (exact) mass is 445 g/mol. The summed E-state index contributed by atoms with van der Waals surface area (Å²) in [7, 11) is 1.32. The molecule has 0 radical (unpaired) electrons. The van der Waals surface area contributed by atoms with Crippen LogP contribution in [-0.4, -0.2) is 69.7 Å². The van der Waals surface area contributed by atoms with E-state index in [2.05, 4.69) is 0 Å². The van der Waals surface area contributed by atoms with Gasteiger partial charge in [-0.15, -0.1) is 0 Å². The zero-order valence-corrected chi connectivity index (χ0v) is 18.3. The van der Waals surface area contributed by atoms with E-state index in [0.717, 1.165) is 11.3 Å². The molecule has 0 atom stereocenters. The Morgan fingerprint density at radius 2 is 1.65 bits per heavy atom. The van der Waals surface area contributed by atoms with Crippen LogP contribution in [0.3, 0.4) is 0 Å². The molecule has 3 rings (SSSR count). The molecule has 1 aliphatic rings. The number of fused-ring (bicyclic) bond motifs is 1. The Kier molecular flexibility index (Phi) is 6.30. The summed E-state index contributed by atoms with van der Waals surface area (Å²) in [5.41, 5.74) is 1.94. The Morgan fingerprint density at radius 1 is 1.00 bits per heavy atom. The van der Waals surface area contributed by atoms with Gasteiger partial charge in [0, 0.05) is 33.4 Å². The smallest absolute Gasteiger partial charge is 0.327 e. The topological polar surface area (TPSA) is 104 Å². The predicted molar refractivity (Wildman–Crippen MR) is 113 cm³/mol. The van der Waals surface area contributed by atoms with Gasteiger partial charge in [-0.3, -0.25) is 14.4 Å². The molecule has 0 spiro atoms. The molecule has 9 nitrogen and oxygen atoms in total. The van der Waals surface area contributed by atoms with Crippen LogP contribution in [0, 0.1) is 0 Å². The number of anilines is 1. The van der Waals surface area contributed by atoms with Crippen LogP contribution in [0.15, 0.2) is 53.4 Å². The van der Waals surface area contributed by atoms with Gasteiger partial charge in [-0.1, -0.05) is 24.3 Å². The molecule has 164 valence electrons. The van der Waals surface area contributed by atoms with E-state index < -0.39 is 41.0 Å². The minimum Gasteiger partial charge on any atom is -0.454 e. The zero-order valence-electron chi connectivity index (χ0n) is 17.4. The summed E-state index contributed by atoms with van der Waals surface area (Å²) in [5.74, 6) is -2.23. The van der Waals surface area contributed by atoms with Gasteiger partial charge in [0.05, 0.1) is 5.56 Å². The second-order valence-corrected chi connectivity index (χ2v) is 9.12. The first-order chi connectivity index (χ1) is 14.6. The zero-order chi connectivity index (χ0) is 22.8. The molecule has 0 saturated carbocycles. The number of likely N-dealkylation sites (N-methyl/N-ethyl adjacent to an activating group) is 1. The van der Waals surface area contributed by atoms with E-state index in [1.165, 1.54) is 29.2 Å². The molecule has 0 fully saturated rings. The lowest BCUT2D eigenvalue weighted by Crippen LogP contribution is -2.37. The third-order valence-electron chi connectivity index (χ3n) is 4.84. The van der Waals surface area contributed by atoms with Gasteiger partial charge in [0.1, 0.15) is 11.4 Å². The van der Waals surface area contributed by atoms with Crippen molar-refractivity contribution in [2.45, 2.75) is 11.4 Å². The second-order valence-electron chi connectivity index (χ2n) is 7.28. The molecule has 0 aromatic heterocycles. The summed E-state index contributed by atoms with van der Waals surface area (Å²) in [6.45, 7) is -1.03. The van der Waals surface area contributed by atoms with Gasteiger partial charge in [-0.2, -0.15) is 0 Å². The fourth-order valence-corrected chi connectivity index (χ4v) is 4.58. The van der Waals surface area contributed by atoms with Gasteiger partial charge >= 0.3 is 5.97 Å². The van der Waals surface area contributed by atoms with E-state index in [1.54, 1.807) is 7.05 Å². The van der Waals surface area contributed by atoms with Crippen molar-refractivity contribution >= 4 is 33.5 Å². The van der Waals surface area contributed by atoms with E-state index in [4.69, 9.17) is 4.74 Å². The van der Waals surface area contributed by atoms with E-state index in [0.29, 0.717) is 10.8 Å². The standard InChI is InChI=1S/C21H23N3O6S/c1-22(2)16-10-8-15(9-11-16)12-23(3)19(25)14-30-20(26)13-24-21(27)17-6-4-5-7-18(17)31(24,28)29/h4-11H,12-14H2,1-3H3. The molecular formula is C21H23N3O6S. The summed E-state index contributed by atoms with van der Waals surface area (Å²) in [6.07, 6.45) is 0. The molecule has 2 aromatic carbocycles. The molecule has 0 bridgehead atoms. The molecule has 0 unspecified atom stereocenters.